The molecular weight excluding hydrogens is 428 g/mol. The third kappa shape index (κ3) is 3.66. The van der Waals surface area contributed by atoms with Gasteiger partial charge in [-0.3, -0.25) is 14.2 Å². The summed E-state index contributed by atoms with van der Waals surface area (Å²) in [5.41, 5.74) is 5.49. The molecule has 4 N–H and O–H groups in total. The second kappa shape index (κ2) is 7.38. The number of hydrogen-bond acceptors (Lipinski definition) is 6. The molecule has 11 heteroatoms. The first-order valence-corrected chi connectivity index (χ1v) is 11.7. The minimum Gasteiger partial charge on any atom is -0.359 e. The van der Waals surface area contributed by atoms with E-state index in [1.807, 2.05) is 54.8 Å². The number of nitrogens with zero attached hydrogens (tertiary/aromatic N) is 4. The number of sulfonamides is 1. The van der Waals surface area contributed by atoms with E-state index in [4.69, 9.17) is 4.98 Å². The standard InChI is InChI=1S/C21H22N8O2S/c1-4-32(30,31)28-18-10-22-17-8-14(5-6-15(17)18)16-9-20-23-13(3)11-29(20)21(24-16)25-19-7-12(2)26-27-19/h5-11,22,28H,4H2,1-3H3,(H2,24,25,26,27). The summed E-state index contributed by atoms with van der Waals surface area (Å²) >= 11 is 0. The van der Waals surface area contributed by atoms with Gasteiger partial charge in [0.15, 0.2) is 5.82 Å². The van der Waals surface area contributed by atoms with Crippen LogP contribution in [0, 0.1) is 13.8 Å². The van der Waals surface area contributed by atoms with E-state index < -0.39 is 10.0 Å². The van der Waals surface area contributed by atoms with Gasteiger partial charge in [-0.05, 0) is 26.8 Å². The Labute approximate surface area is 184 Å². The molecule has 0 fully saturated rings. The normalized spacial score (nSPS) is 12.0. The molecule has 5 rings (SSSR count). The van der Waals surface area contributed by atoms with Crippen LogP contribution in [0.5, 0.6) is 0 Å². The molecule has 0 radical (unpaired) electrons. The molecule has 5 aromatic rings. The highest BCUT2D eigenvalue weighted by Crippen LogP contribution is 2.30. The highest BCUT2D eigenvalue weighted by molar-refractivity contribution is 7.92. The number of fused-ring (bicyclic) bond motifs is 2. The number of anilines is 3. The molecule has 0 atom stereocenters. The van der Waals surface area contributed by atoms with Crippen molar-refractivity contribution >= 4 is 44.0 Å². The molecule has 0 aliphatic carbocycles. The lowest BCUT2D eigenvalue weighted by molar-refractivity contribution is 0.602. The van der Waals surface area contributed by atoms with Crippen molar-refractivity contribution in [3.8, 4) is 11.3 Å². The van der Waals surface area contributed by atoms with Crippen molar-refractivity contribution in [3.63, 3.8) is 0 Å². The molecule has 1 aromatic carbocycles. The van der Waals surface area contributed by atoms with Gasteiger partial charge in [-0.2, -0.15) is 5.10 Å². The van der Waals surface area contributed by atoms with E-state index in [1.54, 1.807) is 13.1 Å². The minimum absolute atomic E-state index is 0.0106. The van der Waals surface area contributed by atoms with E-state index in [9.17, 15) is 8.42 Å². The lowest BCUT2D eigenvalue weighted by Crippen LogP contribution is -2.14. The largest absolute Gasteiger partial charge is 0.359 e. The van der Waals surface area contributed by atoms with Gasteiger partial charge >= 0.3 is 0 Å². The molecule has 164 valence electrons. The number of imidazole rings is 1. The molecule has 4 aromatic heterocycles. The summed E-state index contributed by atoms with van der Waals surface area (Å²) in [5.74, 6) is 1.26. The molecule has 0 unspecified atom stereocenters. The van der Waals surface area contributed by atoms with Gasteiger partial charge in [-0.25, -0.2) is 18.4 Å². The fraction of sp³-hybridized carbons (Fsp3) is 0.190. The van der Waals surface area contributed by atoms with Gasteiger partial charge in [0.05, 0.1) is 22.8 Å². The molecule has 4 heterocycles. The average Bonchev–Trinajstić information content (AvgIpc) is 3.45. The Kier molecular flexibility index (Phi) is 4.63. The van der Waals surface area contributed by atoms with E-state index in [2.05, 4.69) is 30.2 Å². The van der Waals surface area contributed by atoms with Crippen molar-refractivity contribution in [3.05, 3.63) is 54.1 Å². The van der Waals surface area contributed by atoms with Crippen molar-refractivity contribution < 1.29 is 8.42 Å². The Morgan fingerprint density at radius 2 is 1.97 bits per heavy atom. The van der Waals surface area contributed by atoms with Crippen LogP contribution in [-0.4, -0.2) is 43.7 Å². The molecule has 0 spiro atoms. The second-order valence-electron chi connectivity index (χ2n) is 7.60. The van der Waals surface area contributed by atoms with Gasteiger partial charge in [0.25, 0.3) is 0 Å². The maximum absolute atomic E-state index is 12.0. The molecule has 10 nitrogen and oxygen atoms in total. The maximum Gasteiger partial charge on any atom is 0.232 e. The zero-order valence-corrected chi connectivity index (χ0v) is 18.6. The first-order valence-electron chi connectivity index (χ1n) is 10.1. The maximum atomic E-state index is 12.0. The van der Waals surface area contributed by atoms with Crippen molar-refractivity contribution in [2.45, 2.75) is 20.8 Å². The van der Waals surface area contributed by atoms with Crippen LogP contribution >= 0.6 is 0 Å². The SMILES string of the molecule is CCS(=O)(=O)Nc1c[nH]c2cc(-c3cc4nc(C)cn4c(Nc4cc(C)[nH]n4)n3)ccc12. The van der Waals surface area contributed by atoms with Crippen molar-refractivity contribution in [1.82, 2.24) is 29.5 Å². The number of aromatic amines is 2. The van der Waals surface area contributed by atoms with Gasteiger partial charge in [0, 0.05) is 46.7 Å². The molecule has 0 saturated heterocycles. The van der Waals surface area contributed by atoms with E-state index in [0.29, 0.717) is 17.5 Å². The monoisotopic (exact) mass is 450 g/mol. The first kappa shape index (κ1) is 20.1. The number of aryl methyl sites for hydroxylation is 2. The molecule has 0 amide bonds. The van der Waals surface area contributed by atoms with Crippen LogP contribution in [0.15, 0.2) is 42.7 Å². The highest BCUT2D eigenvalue weighted by Gasteiger charge is 2.14. The van der Waals surface area contributed by atoms with Crippen LogP contribution in [0.2, 0.25) is 0 Å². The van der Waals surface area contributed by atoms with Gasteiger partial charge < -0.3 is 10.3 Å². The predicted octanol–water partition coefficient (Wildman–Crippen LogP) is 3.72. The summed E-state index contributed by atoms with van der Waals surface area (Å²) in [6.45, 7) is 5.46. The third-order valence-electron chi connectivity index (χ3n) is 5.14. The molecule has 0 bridgehead atoms. The molecule has 0 saturated carbocycles. The summed E-state index contributed by atoms with van der Waals surface area (Å²) in [5, 5.41) is 11.2. The van der Waals surface area contributed by atoms with Crippen LogP contribution in [-0.2, 0) is 10.0 Å². The Bertz CT molecular complexity index is 1560. The lowest BCUT2D eigenvalue weighted by Gasteiger charge is -2.09. The average molecular weight is 451 g/mol. The van der Waals surface area contributed by atoms with E-state index in [-0.39, 0.29) is 5.75 Å². The summed E-state index contributed by atoms with van der Waals surface area (Å²) in [7, 11) is -3.36. The summed E-state index contributed by atoms with van der Waals surface area (Å²) < 4.78 is 28.4. The van der Waals surface area contributed by atoms with Crippen molar-refractivity contribution in [2.75, 3.05) is 15.8 Å². The Balaban J connectivity index is 1.58. The quantitative estimate of drug-likeness (QED) is 0.312. The Morgan fingerprint density at radius 1 is 1.12 bits per heavy atom. The van der Waals surface area contributed by atoms with Crippen LogP contribution in [0.1, 0.15) is 18.3 Å². The summed E-state index contributed by atoms with van der Waals surface area (Å²) in [6.07, 6.45) is 3.57. The first-order chi connectivity index (χ1) is 15.3. The fourth-order valence-electron chi connectivity index (χ4n) is 3.55. The predicted molar refractivity (Wildman–Crippen MR) is 125 cm³/mol. The minimum atomic E-state index is -3.36. The van der Waals surface area contributed by atoms with Crippen molar-refractivity contribution in [1.29, 1.82) is 0 Å². The third-order valence-corrected chi connectivity index (χ3v) is 6.43. The number of aromatic nitrogens is 6. The Hall–Kier alpha value is -3.86. The molecule has 0 aliphatic rings. The number of hydrogen-bond donors (Lipinski definition) is 4. The summed E-state index contributed by atoms with van der Waals surface area (Å²) in [6, 6.07) is 9.54. The fourth-order valence-corrected chi connectivity index (χ4v) is 4.20. The highest BCUT2D eigenvalue weighted by atomic mass is 32.2. The van der Waals surface area contributed by atoms with E-state index in [1.165, 1.54) is 0 Å². The number of benzene rings is 1. The van der Waals surface area contributed by atoms with Crippen LogP contribution in [0.4, 0.5) is 17.5 Å². The van der Waals surface area contributed by atoms with Gasteiger partial charge in [0.2, 0.25) is 16.0 Å². The lowest BCUT2D eigenvalue weighted by atomic mass is 10.1. The number of H-pyrrole nitrogens is 2. The Morgan fingerprint density at radius 3 is 2.72 bits per heavy atom. The zero-order chi connectivity index (χ0) is 22.5. The van der Waals surface area contributed by atoms with Crippen LogP contribution < -0.4 is 10.0 Å². The van der Waals surface area contributed by atoms with Crippen LogP contribution in [0.3, 0.4) is 0 Å². The zero-order valence-electron chi connectivity index (χ0n) is 17.8. The number of rotatable bonds is 6. The van der Waals surface area contributed by atoms with E-state index in [0.717, 1.165) is 39.2 Å². The second-order valence-corrected chi connectivity index (χ2v) is 9.62. The van der Waals surface area contributed by atoms with Crippen molar-refractivity contribution in [2.24, 2.45) is 0 Å². The number of nitrogens with one attached hydrogen (secondary N) is 4. The van der Waals surface area contributed by atoms with Gasteiger partial charge in [0.1, 0.15) is 5.65 Å². The summed E-state index contributed by atoms with van der Waals surface area (Å²) in [4.78, 5) is 12.5. The topological polar surface area (TPSA) is 133 Å². The smallest absolute Gasteiger partial charge is 0.232 e. The van der Waals surface area contributed by atoms with E-state index >= 15 is 0 Å². The molecule has 0 aliphatic heterocycles. The van der Waals surface area contributed by atoms with Crippen LogP contribution in [0.25, 0.3) is 27.8 Å². The molecular formula is C21H22N8O2S. The molecule has 32 heavy (non-hydrogen) atoms. The van der Waals surface area contributed by atoms with Gasteiger partial charge in [-0.15, -0.1) is 0 Å². The van der Waals surface area contributed by atoms with Gasteiger partial charge in [-0.1, -0.05) is 12.1 Å².